The molecular formula is C19H18O. The first-order chi connectivity index (χ1) is 9.75. The van der Waals surface area contributed by atoms with Crippen LogP contribution >= 0.6 is 0 Å². The Labute approximate surface area is 119 Å². The van der Waals surface area contributed by atoms with E-state index in [0.717, 1.165) is 23.3 Å². The van der Waals surface area contributed by atoms with Crippen molar-refractivity contribution in [3.63, 3.8) is 0 Å². The van der Waals surface area contributed by atoms with Crippen LogP contribution < -0.4 is 0 Å². The largest absolute Gasteiger partial charge is 0.456 e. The number of para-hydroxylation sites is 1. The van der Waals surface area contributed by atoms with Crippen LogP contribution in [-0.4, -0.2) is 0 Å². The Hall–Kier alpha value is -2.28. The Morgan fingerprint density at radius 2 is 1.65 bits per heavy atom. The third kappa shape index (κ3) is 2.39. The van der Waals surface area contributed by atoms with Gasteiger partial charge in [-0.05, 0) is 26.3 Å². The van der Waals surface area contributed by atoms with Crippen LogP contribution in [0.5, 0.6) is 0 Å². The molecule has 1 heteroatoms. The molecule has 3 aromatic rings. The first-order valence-electron chi connectivity index (χ1n) is 6.95. The molecule has 0 fully saturated rings. The Kier molecular flexibility index (Phi) is 3.42. The van der Waals surface area contributed by atoms with E-state index >= 15 is 0 Å². The zero-order valence-corrected chi connectivity index (χ0v) is 11.9. The molecule has 0 N–H and O–H groups in total. The molecule has 0 atom stereocenters. The van der Waals surface area contributed by atoms with E-state index in [1.165, 1.54) is 16.5 Å². The zero-order chi connectivity index (χ0) is 13.9. The highest BCUT2D eigenvalue weighted by Crippen LogP contribution is 2.34. The molecule has 0 radical (unpaired) electrons. The minimum Gasteiger partial charge on any atom is -0.456 e. The fraction of sp³-hybridized carbons (Fsp3) is 0.158. The van der Waals surface area contributed by atoms with Gasteiger partial charge in [0, 0.05) is 16.5 Å². The number of fused-ring (bicyclic) bond motifs is 1. The second kappa shape index (κ2) is 5.38. The van der Waals surface area contributed by atoms with Gasteiger partial charge in [0.15, 0.2) is 0 Å². The molecule has 100 valence electrons. The van der Waals surface area contributed by atoms with E-state index in [1.807, 2.05) is 30.3 Å². The molecular weight excluding hydrogens is 244 g/mol. The van der Waals surface area contributed by atoms with Gasteiger partial charge >= 0.3 is 0 Å². The van der Waals surface area contributed by atoms with Crippen LogP contribution in [-0.2, 0) is 6.42 Å². The van der Waals surface area contributed by atoms with Crippen LogP contribution in [0.2, 0.25) is 0 Å². The van der Waals surface area contributed by atoms with Gasteiger partial charge in [-0.1, -0.05) is 60.2 Å². The molecule has 0 unspecified atom stereocenters. The van der Waals surface area contributed by atoms with Gasteiger partial charge in [0.1, 0.15) is 11.3 Å². The molecule has 0 aliphatic rings. The highest BCUT2D eigenvalue weighted by atomic mass is 16.3. The summed E-state index contributed by atoms with van der Waals surface area (Å²) in [6.07, 6.45) is 3.16. The predicted octanol–water partition coefficient (Wildman–Crippen LogP) is 5.61. The van der Waals surface area contributed by atoms with Crippen LogP contribution in [0, 0.1) is 0 Å². The molecule has 0 spiro atoms. The van der Waals surface area contributed by atoms with Crippen LogP contribution in [0.25, 0.3) is 22.3 Å². The summed E-state index contributed by atoms with van der Waals surface area (Å²) in [4.78, 5) is 0. The minimum atomic E-state index is 0.906. The molecule has 0 aliphatic carbocycles. The lowest BCUT2D eigenvalue weighted by Crippen LogP contribution is -1.84. The Morgan fingerprint density at radius 3 is 2.40 bits per heavy atom. The zero-order valence-electron chi connectivity index (χ0n) is 11.9. The third-order valence-corrected chi connectivity index (χ3v) is 3.45. The van der Waals surface area contributed by atoms with Gasteiger partial charge in [-0.25, -0.2) is 0 Å². The maximum Gasteiger partial charge on any atom is 0.138 e. The minimum absolute atomic E-state index is 0.906. The standard InChI is InChI=1S/C19H18O/c1-14(2)12-13-17-16-10-6-7-11-18(16)20-19(17)15-8-4-3-5-9-15/h3-12H,13H2,1-2H3. The monoisotopic (exact) mass is 262 g/mol. The van der Waals surface area contributed by atoms with Crippen LogP contribution in [0.1, 0.15) is 19.4 Å². The van der Waals surface area contributed by atoms with Gasteiger partial charge in [0.25, 0.3) is 0 Å². The van der Waals surface area contributed by atoms with E-state index < -0.39 is 0 Å². The molecule has 0 saturated carbocycles. The fourth-order valence-corrected chi connectivity index (χ4v) is 2.43. The van der Waals surface area contributed by atoms with Crippen molar-refractivity contribution in [1.82, 2.24) is 0 Å². The second-order valence-corrected chi connectivity index (χ2v) is 5.26. The van der Waals surface area contributed by atoms with Crippen molar-refractivity contribution in [2.24, 2.45) is 0 Å². The molecule has 1 nitrogen and oxygen atoms in total. The molecule has 0 bridgehead atoms. The van der Waals surface area contributed by atoms with Gasteiger partial charge < -0.3 is 4.42 Å². The first-order valence-corrected chi connectivity index (χ1v) is 6.95. The van der Waals surface area contributed by atoms with Crippen LogP contribution in [0.3, 0.4) is 0 Å². The number of benzene rings is 2. The van der Waals surface area contributed by atoms with E-state index in [4.69, 9.17) is 4.42 Å². The molecule has 1 heterocycles. The van der Waals surface area contributed by atoms with Crippen molar-refractivity contribution >= 4 is 11.0 Å². The van der Waals surface area contributed by atoms with Crippen molar-refractivity contribution in [1.29, 1.82) is 0 Å². The van der Waals surface area contributed by atoms with Crippen molar-refractivity contribution < 1.29 is 4.42 Å². The number of allylic oxidation sites excluding steroid dienone is 2. The predicted molar refractivity (Wildman–Crippen MR) is 84.8 cm³/mol. The summed E-state index contributed by atoms with van der Waals surface area (Å²) in [7, 11) is 0. The Balaban J connectivity index is 2.20. The molecule has 0 amide bonds. The van der Waals surface area contributed by atoms with Gasteiger partial charge in [0.05, 0.1) is 0 Å². The fourth-order valence-electron chi connectivity index (χ4n) is 2.43. The normalized spacial score (nSPS) is 10.7. The van der Waals surface area contributed by atoms with E-state index in [9.17, 15) is 0 Å². The van der Waals surface area contributed by atoms with Gasteiger partial charge in [-0.2, -0.15) is 0 Å². The van der Waals surface area contributed by atoms with Gasteiger partial charge in [0.2, 0.25) is 0 Å². The average Bonchev–Trinajstić information content (AvgIpc) is 2.84. The van der Waals surface area contributed by atoms with Crippen molar-refractivity contribution in [2.45, 2.75) is 20.3 Å². The molecule has 0 aliphatic heterocycles. The number of furan rings is 1. The lowest BCUT2D eigenvalue weighted by molar-refractivity contribution is 0.628. The highest BCUT2D eigenvalue weighted by Gasteiger charge is 2.14. The summed E-state index contributed by atoms with van der Waals surface area (Å²) >= 11 is 0. The summed E-state index contributed by atoms with van der Waals surface area (Å²) in [5.41, 5.74) is 4.70. The maximum absolute atomic E-state index is 6.09. The second-order valence-electron chi connectivity index (χ2n) is 5.26. The molecule has 20 heavy (non-hydrogen) atoms. The first kappa shape index (κ1) is 12.7. The summed E-state index contributed by atoms with van der Waals surface area (Å²) in [5, 5.41) is 1.21. The highest BCUT2D eigenvalue weighted by molar-refractivity contribution is 5.88. The lowest BCUT2D eigenvalue weighted by atomic mass is 10.0. The van der Waals surface area contributed by atoms with Crippen molar-refractivity contribution in [3.05, 3.63) is 71.8 Å². The average molecular weight is 262 g/mol. The topological polar surface area (TPSA) is 13.1 Å². The van der Waals surface area contributed by atoms with E-state index in [-0.39, 0.29) is 0 Å². The van der Waals surface area contributed by atoms with Crippen LogP contribution in [0.4, 0.5) is 0 Å². The quantitative estimate of drug-likeness (QED) is 0.559. The molecule has 3 rings (SSSR count). The molecule has 0 saturated heterocycles. The van der Waals surface area contributed by atoms with Gasteiger partial charge in [-0.3, -0.25) is 0 Å². The van der Waals surface area contributed by atoms with Crippen molar-refractivity contribution in [3.8, 4) is 11.3 Å². The van der Waals surface area contributed by atoms with E-state index in [0.29, 0.717) is 0 Å². The maximum atomic E-state index is 6.09. The number of rotatable bonds is 3. The molecule has 1 aromatic heterocycles. The number of hydrogen-bond acceptors (Lipinski definition) is 1. The Morgan fingerprint density at radius 1 is 0.950 bits per heavy atom. The van der Waals surface area contributed by atoms with E-state index in [1.54, 1.807) is 0 Å². The Bertz CT molecular complexity index is 744. The SMILES string of the molecule is CC(C)=CCc1c(-c2ccccc2)oc2ccccc12. The lowest BCUT2D eigenvalue weighted by Gasteiger charge is -2.01. The summed E-state index contributed by atoms with van der Waals surface area (Å²) in [6, 6.07) is 18.6. The van der Waals surface area contributed by atoms with Gasteiger partial charge in [-0.15, -0.1) is 0 Å². The third-order valence-electron chi connectivity index (χ3n) is 3.45. The summed E-state index contributed by atoms with van der Waals surface area (Å²) < 4.78 is 6.09. The summed E-state index contributed by atoms with van der Waals surface area (Å²) in [6.45, 7) is 4.26. The molecule has 2 aromatic carbocycles. The van der Waals surface area contributed by atoms with Crippen molar-refractivity contribution in [2.75, 3.05) is 0 Å². The van der Waals surface area contributed by atoms with Crippen LogP contribution in [0.15, 0.2) is 70.7 Å². The van der Waals surface area contributed by atoms with E-state index in [2.05, 4.69) is 44.2 Å². The smallest absolute Gasteiger partial charge is 0.138 e. The summed E-state index contributed by atoms with van der Waals surface area (Å²) in [5.74, 6) is 0.990. The number of hydrogen-bond donors (Lipinski definition) is 0.